The third-order valence-electron chi connectivity index (χ3n) is 3.63. The van der Waals surface area contributed by atoms with Crippen LogP contribution in [0.5, 0.6) is 0 Å². The summed E-state index contributed by atoms with van der Waals surface area (Å²) < 4.78 is 0. The zero-order chi connectivity index (χ0) is 12.3. The summed E-state index contributed by atoms with van der Waals surface area (Å²) in [6.07, 6.45) is 3.54. The average Bonchev–Trinajstić information content (AvgIpc) is 2.75. The minimum absolute atomic E-state index is 0. The molecule has 1 amide bonds. The normalized spacial score (nSPS) is 22.3. The standard InChI is InChI=1S/C14H20N2O.ClH/c1-10-3-2-4-13(10)16-14(17)12-7-5-11(9-15)6-8-12;/h5-8,10,13H,2-4,9,15H2,1H3,(H,16,17);1H. The molecule has 0 aliphatic heterocycles. The molecule has 0 heterocycles. The Morgan fingerprint density at radius 2 is 2.00 bits per heavy atom. The maximum absolute atomic E-state index is 12.0. The molecule has 0 aromatic heterocycles. The summed E-state index contributed by atoms with van der Waals surface area (Å²) in [6, 6.07) is 7.85. The number of nitrogens with two attached hydrogens (primary N) is 1. The molecule has 100 valence electrons. The third kappa shape index (κ3) is 3.47. The van der Waals surface area contributed by atoms with Crippen molar-refractivity contribution in [1.29, 1.82) is 0 Å². The van der Waals surface area contributed by atoms with Crippen LogP contribution in [0.4, 0.5) is 0 Å². The molecule has 0 saturated heterocycles. The van der Waals surface area contributed by atoms with Crippen LogP contribution in [0.1, 0.15) is 42.1 Å². The highest BCUT2D eigenvalue weighted by atomic mass is 35.5. The maximum atomic E-state index is 12.0. The van der Waals surface area contributed by atoms with Gasteiger partial charge in [0, 0.05) is 18.2 Å². The molecule has 1 aliphatic carbocycles. The van der Waals surface area contributed by atoms with Gasteiger partial charge in [-0.05, 0) is 36.5 Å². The molecule has 2 unspecified atom stereocenters. The second kappa shape index (κ2) is 6.76. The van der Waals surface area contributed by atoms with E-state index in [-0.39, 0.29) is 18.3 Å². The maximum Gasteiger partial charge on any atom is 0.251 e. The number of carbonyl (C=O) groups excluding carboxylic acids is 1. The summed E-state index contributed by atoms with van der Waals surface area (Å²) in [4.78, 5) is 12.0. The molecule has 0 radical (unpaired) electrons. The molecule has 3 nitrogen and oxygen atoms in total. The average molecular weight is 269 g/mol. The topological polar surface area (TPSA) is 55.1 Å². The van der Waals surface area contributed by atoms with Gasteiger partial charge >= 0.3 is 0 Å². The van der Waals surface area contributed by atoms with Crippen LogP contribution in [-0.2, 0) is 6.54 Å². The van der Waals surface area contributed by atoms with Crippen molar-refractivity contribution in [1.82, 2.24) is 5.32 Å². The molecule has 1 aliphatic rings. The lowest BCUT2D eigenvalue weighted by molar-refractivity contribution is 0.0929. The van der Waals surface area contributed by atoms with E-state index in [0.29, 0.717) is 18.5 Å². The van der Waals surface area contributed by atoms with Crippen LogP contribution < -0.4 is 11.1 Å². The number of nitrogens with one attached hydrogen (secondary N) is 1. The fourth-order valence-electron chi connectivity index (χ4n) is 2.40. The quantitative estimate of drug-likeness (QED) is 0.885. The van der Waals surface area contributed by atoms with Crippen molar-refractivity contribution in [3.05, 3.63) is 35.4 Å². The summed E-state index contributed by atoms with van der Waals surface area (Å²) >= 11 is 0. The number of halogens is 1. The molecule has 1 saturated carbocycles. The zero-order valence-electron chi connectivity index (χ0n) is 10.7. The monoisotopic (exact) mass is 268 g/mol. The van der Waals surface area contributed by atoms with Crippen LogP contribution in [0.25, 0.3) is 0 Å². The highest BCUT2D eigenvalue weighted by molar-refractivity contribution is 5.94. The smallest absolute Gasteiger partial charge is 0.251 e. The highest BCUT2D eigenvalue weighted by Crippen LogP contribution is 2.25. The Morgan fingerprint density at radius 1 is 1.33 bits per heavy atom. The van der Waals surface area contributed by atoms with Crippen LogP contribution in [0, 0.1) is 5.92 Å². The first-order valence-electron chi connectivity index (χ1n) is 6.30. The van der Waals surface area contributed by atoms with Crippen LogP contribution in [0.2, 0.25) is 0 Å². The fourth-order valence-corrected chi connectivity index (χ4v) is 2.40. The van der Waals surface area contributed by atoms with E-state index in [1.807, 2.05) is 24.3 Å². The Bertz CT molecular complexity index is 391. The summed E-state index contributed by atoms with van der Waals surface area (Å²) in [5.74, 6) is 0.634. The van der Waals surface area contributed by atoms with E-state index < -0.39 is 0 Å². The molecule has 2 atom stereocenters. The Balaban J connectivity index is 0.00000162. The molecule has 1 aromatic carbocycles. The van der Waals surface area contributed by atoms with Gasteiger partial charge in [0.25, 0.3) is 5.91 Å². The second-order valence-corrected chi connectivity index (χ2v) is 4.89. The molecule has 0 bridgehead atoms. The van der Waals surface area contributed by atoms with Crippen LogP contribution in [0.15, 0.2) is 24.3 Å². The Labute approximate surface area is 115 Å². The second-order valence-electron chi connectivity index (χ2n) is 4.89. The van der Waals surface area contributed by atoms with Gasteiger partial charge < -0.3 is 11.1 Å². The van der Waals surface area contributed by atoms with Crippen molar-refractivity contribution in [2.24, 2.45) is 11.7 Å². The molecule has 18 heavy (non-hydrogen) atoms. The predicted octanol–water partition coefficient (Wildman–Crippen LogP) is 2.49. The molecule has 1 aromatic rings. The molecular formula is C14H21ClN2O. The lowest BCUT2D eigenvalue weighted by Crippen LogP contribution is -2.36. The van der Waals surface area contributed by atoms with E-state index >= 15 is 0 Å². The zero-order valence-corrected chi connectivity index (χ0v) is 11.5. The lowest BCUT2D eigenvalue weighted by atomic mass is 10.1. The van der Waals surface area contributed by atoms with Gasteiger partial charge in [-0.3, -0.25) is 4.79 Å². The van der Waals surface area contributed by atoms with Gasteiger partial charge in [-0.1, -0.05) is 25.5 Å². The molecule has 3 N–H and O–H groups in total. The molecule has 1 fully saturated rings. The molecule has 4 heteroatoms. The van der Waals surface area contributed by atoms with E-state index in [2.05, 4.69) is 12.2 Å². The highest BCUT2D eigenvalue weighted by Gasteiger charge is 2.24. The number of carbonyl (C=O) groups is 1. The summed E-state index contributed by atoms with van der Waals surface area (Å²) in [7, 11) is 0. The number of benzene rings is 1. The van der Waals surface area contributed by atoms with Crippen LogP contribution in [-0.4, -0.2) is 11.9 Å². The van der Waals surface area contributed by atoms with Gasteiger partial charge in [-0.15, -0.1) is 12.4 Å². The SMILES string of the molecule is CC1CCCC1NC(=O)c1ccc(CN)cc1.Cl. The molecule has 2 rings (SSSR count). The van der Waals surface area contributed by atoms with Gasteiger partial charge in [-0.25, -0.2) is 0 Å². The largest absolute Gasteiger partial charge is 0.349 e. The summed E-state index contributed by atoms with van der Waals surface area (Å²) in [6.45, 7) is 2.72. The molecule has 0 spiro atoms. The first-order chi connectivity index (χ1) is 8.20. The van der Waals surface area contributed by atoms with Gasteiger partial charge in [0.05, 0.1) is 0 Å². The van der Waals surface area contributed by atoms with Crippen molar-refractivity contribution in [3.8, 4) is 0 Å². The predicted molar refractivity (Wildman–Crippen MR) is 75.9 cm³/mol. The number of amides is 1. The number of rotatable bonds is 3. The van der Waals surface area contributed by atoms with Crippen LogP contribution >= 0.6 is 12.4 Å². The van der Waals surface area contributed by atoms with Crippen molar-refractivity contribution < 1.29 is 4.79 Å². The summed E-state index contributed by atoms with van der Waals surface area (Å²) in [5.41, 5.74) is 7.30. The van der Waals surface area contributed by atoms with Gasteiger partial charge in [-0.2, -0.15) is 0 Å². The first kappa shape index (κ1) is 15.0. The van der Waals surface area contributed by atoms with Crippen LogP contribution in [0.3, 0.4) is 0 Å². The Morgan fingerprint density at radius 3 is 2.50 bits per heavy atom. The van der Waals surface area contributed by atoms with Gasteiger partial charge in [0.15, 0.2) is 0 Å². The van der Waals surface area contributed by atoms with Gasteiger partial charge in [0.2, 0.25) is 0 Å². The third-order valence-corrected chi connectivity index (χ3v) is 3.63. The van der Waals surface area contributed by atoms with Crippen molar-refractivity contribution >= 4 is 18.3 Å². The number of hydrogen-bond acceptors (Lipinski definition) is 2. The molecular weight excluding hydrogens is 248 g/mol. The van der Waals surface area contributed by atoms with Crippen molar-refractivity contribution in [3.63, 3.8) is 0 Å². The van der Waals surface area contributed by atoms with E-state index in [4.69, 9.17) is 5.73 Å². The Hall–Kier alpha value is -1.06. The fraction of sp³-hybridized carbons (Fsp3) is 0.500. The van der Waals surface area contributed by atoms with Crippen molar-refractivity contribution in [2.45, 2.75) is 38.8 Å². The van der Waals surface area contributed by atoms with Crippen molar-refractivity contribution in [2.75, 3.05) is 0 Å². The van der Waals surface area contributed by atoms with Gasteiger partial charge in [0.1, 0.15) is 0 Å². The van der Waals surface area contributed by atoms with E-state index in [1.165, 1.54) is 12.8 Å². The lowest BCUT2D eigenvalue weighted by Gasteiger charge is -2.17. The van der Waals surface area contributed by atoms with E-state index in [0.717, 1.165) is 17.5 Å². The summed E-state index contributed by atoms with van der Waals surface area (Å²) in [5, 5.41) is 3.11. The van der Waals surface area contributed by atoms with E-state index in [1.54, 1.807) is 0 Å². The Kier molecular flexibility index (Phi) is 5.63. The van der Waals surface area contributed by atoms with E-state index in [9.17, 15) is 4.79 Å². The number of hydrogen-bond donors (Lipinski definition) is 2. The first-order valence-corrected chi connectivity index (χ1v) is 6.30. The minimum Gasteiger partial charge on any atom is -0.349 e. The minimum atomic E-state index is 0.